The van der Waals surface area contributed by atoms with Crippen molar-refractivity contribution in [1.29, 1.82) is 0 Å². The Balaban J connectivity index is 3.28. The summed E-state index contributed by atoms with van der Waals surface area (Å²) in [7, 11) is 0. The molecule has 0 aliphatic rings. The van der Waals surface area contributed by atoms with E-state index in [0.29, 0.717) is 5.25 Å². The summed E-state index contributed by atoms with van der Waals surface area (Å²) in [6.45, 7) is 12.5. The monoisotopic (exact) mass is 201 g/mol. The van der Waals surface area contributed by atoms with E-state index in [1.807, 2.05) is 6.08 Å². The lowest BCUT2D eigenvalue weighted by Gasteiger charge is -2.14. The van der Waals surface area contributed by atoms with Gasteiger partial charge in [-0.3, -0.25) is 0 Å². The molecule has 0 saturated carbocycles. The number of rotatable bonds is 8. The van der Waals surface area contributed by atoms with Gasteiger partial charge >= 0.3 is 0 Å². The Morgan fingerprint density at radius 3 is 2.69 bits per heavy atom. The Morgan fingerprint density at radius 1 is 1.46 bits per heavy atom. The highest BCUT2D eigenvalue weighted by molar-refractivity contribution is 7.99. The third-order valence-electron chi connectivity index (χ3n) is 2.08. The quantitative estimate of drug-likeness (QED) is 0.479. The molecule has 0 bridgehead atoms. The molecule has 78 valence electrons. The van der Waals surface area contributed by atoms with E-state index in [1.54, 1.807) is 0 Å². The molecule has 1 nitrogen and oxygen atoms in total. The molecule has 0 radical (unpaired) electrons. The van der Waals surface area contributed by atoms with E-state index in [2.05, 4.69) is 44.4 Å². The van der Waals surface area contributed by atoms with Gasteiger partial charge in [-0.15, -0.1) is 6.58 Å². The van der Waals surface area contributed by atoms with Gasteiger partial charge < -0.3 is 5.32 Å². The van der Waals surface area contributed by atoms with E-state index in [1.165, 1.54) is 12.2 Å². The smallest absolute Gasteiger partial charge is 0.0144 e. The summed E-state index contributed by atoms with van der Waals surface area (Å²) in [5.74, 6) is 2.14. The largest absolute Gasteiger partial charge is 0.312 e. The first-order chi connectivity index (χ1) is 6.20. The normalized spacial score (nSPS) is 15.3. The number of hydrogen-bond donors (Lipinski definition) is 1. The SMILES string of the molecule is C=CCNCC(C)SCC(C)CC. The van der Waals surface area contributed by atoms with Gasteiger partial charge in [-0.25, -0.2) is 0 Å². The van der Waals surface area contributed by atoms with Gasteiger partial charge in [0, 0.05) is 18.3 Å². The highest BCUT2D eigenvalue weighted by Crippen LogP contribution is 2.15. The maximum atomic E-state index is 3.68. The topological polar surface area (TPSA) is 12.0 Å². The van der Waals surface area contributed by atoms with Gasteiger partial charge in [0.05, 0.1) is 0 Å². The second-order valence-corrected chi connectivity index (χ2v) is 5.08. The Kier molecular flexibility index (Phi) is 8.67. The Bertz CT molecular complexity index is 125. The van der Waals surface area contributed by atoms with Gasteiger partial charge in [0.2, 0.25) is 0 Å². The standard InChI is InChI=1S/C11H23NS/c1-5-7-12-8-11(4)13-9-10(3)6-2/h5,10-12H,1,6-9H2,2-4H3. The summed E-state index contributed by atoms with van der Waals surface area (Å²) in [5.41, 5.74) is 0. The van der Waals surface area contributed by atoms with Crippen LogP contribution in [0.25, 0.3) is 0 Å². The van der Waals surface area contributed by atoms with Crippen LogP contribution in [0.1, 0.15) is 27.2 Å². The molecular weight excluding hydrogens is 178 g/mol. The van der Waals surface area contributed by atoms with Crippen LogP contribution in [0.5, 0.6) is 0 Å². The van der Waals surface area contributed by atoms with Crippen LogP contribution in [0.2, 0.25) is 0 Å². The van der Waals surface area contributed by atoms with Crippen molar-refractivity contribution in [3.63, 3.8) is 0 Å². The molecule has 0 aromatic carbocycles. The van der Waals surface area contributed by atoms with E-state index < -0.39 is 0 Å². The van der Waals surface area contributed by atoms with Crippen LogP contribution in [0.4, 0.5) is 0 Å². The molecule has 0 fully saturated rings. The average molecular weight is 201 g/mol. The van der Waals surface area contributed by atoms with E-state index >= 15 is 0 Å². The fraction of sp³-hybridized carbons (Fsp3) is 0.818. The molecular formula is C11H23NS. The predicted octanol–water partition coefficient (Wildman–Crippen LogP) is 2.93. The fourth-order valence-electron chi connectivity index (χ4n) is 0.894. The van der Waals surface area contributed by atoms with Crippen LogP contribution < -0.4 is 5.32 Å². The van der Waals surface area contributed by atoms with Crippen molar-refractivity contribution in [3.05, 3.63) is 12.7 Å². The maximum absolute atomic E-state index is 3.68. The van der Waals surface area contributed by atoms with Gasteiger partial charge in [-0.1, -0.05) is 33.3 Å². The minimum Gasteiger partial charge on any atom is -0.312 e. The molecule has 2 atom stereocenters. The zero-order valence-electron chi connectivity index (χ0n) is 9.18. The Labute approximate surface area is 87.4 Å². The molecule has 0 aliphatic heterocycles. The predicted molar refractivity (Wildman–Crippen MR) is 64.4 cm³/mol. The first-order valence-corrected chi connectivity index (χ1v) is 6.18. The molecule has 13 heavy (non-hydrogen) atoms. The van der Waals surface area contributed by atoms with Crippen molar-refractivity contribution in [2.24, 2.45) is 5.92 Å². The maximum Gasteiger partial charge on any atom is 0.0144 e. The van der Waals surface area contributed by atoms with Gasteiger partial charge in [0.1, 0.15) is 0 Å². The van der Waals surface area contributed by atoms with E-state index in [4.69, 9.17) is 0 Å². The lowest BCUT2D eigenvalue weighted by atomic mass is 10.2. The molecule has 0 aromatic heterocycles. The van der Waals surface area contributed by atoms with E-state index in [-0.39, 0.29) is 0 Å². The third-order valence-corrected chi connectivity index (χ3v) is 3.58. The van der Waals surface area contributed by atoms with Crippen LogP contribution in [-0.2, 0) is 0 Å². The average Bonchev–Trinajstić information content (AvgIpc) is 2.14. The van der Waals surface area contributed by atoms with Crippen LogP contribution in [-0.4, -0.2) is 24.1 Å². The van der Waals surface area contributed by atoms with Gasteiger partial charge in [0.25, 0.3) is 0 Å². The van der Waals surface area contributed by atoms with Crippen molar-refractivity contribution < 1.29 is 0 Å². The molecule has 1 N–H and O–H groups in total. The zero-order valence-corrected chi connectivity index (χ0v) is 9.99. The molecule has 0 aromatic rings. The summed E-state index contributed by atoms with van der Waals surface area (Å²) in [6.07, 6.45) is 3.20. The molecule has 2 unspecified atom stereocenters. The number of nitrogens with one attached hydrogen (secondary N) is 1. The minimum absolute atomic E-state index is 0.717. The minimum atomic E-state index is 0.717. The second-order valence-electron chi connectivity index (χ2n) is 3.60. The molecule has 2 heteroatoms. The molecule has 0 spiro atoms. The Hall–Kier alpha value is 0.0500. The highest BCUT2D eigenvalue weighted by Gasteiger charge is 2.04. The fourth-order valence-corrected chi connectivity index (χ4v) is 2.02. The van der Waals surface area contributed by atoms with Gasteiger partial charge in [-0.2, -0.15) is 11.8 Å². The summed E-state index contributed by atoms with van der Waals surface area (Å²) in [4.78, 5) is 0. The molecule has 0 saturated heterocycles. The van der Waals surface area contributed by atoms with Gasteiger partial charge in [0.15, 0.2) is 0 Å². The van der Waals surface area contributed by atoms with Crippen LogP contribution in [0, 0.1) is 5.92 Å². The van der Waals surface area contributed by atoms with Crippen LogP contribution in [0.3, 0.4) is 0 Å². The summed E-state index contributed by atoms with van der Waals surface area (Å²) >= 11 is 2.06. The third kappa shape index (κ3) is 8.38. The molecule has 0 aliphatic carbocycles. The van der Waals surface area contributed by atoms with Crippen molar-refractivity contribution in [2.45, 2.75) is 32.4 Å². The molecule has 0 rings (SSSR count). The first-order valence-electron chi connectivity index (χ1n) is 5.13. The van der Waals surface area contributed by atoms with Crippen LogP contribution in [0.15, 0.2) is 12.7 Å². The van der Waals surface area contributed by atoms with Crippen molar-refractivity contribution >= 4 is 11.8 Å². The van der Waals surface area contributed by atoms with Crippen molar-refractivity contribution in [2.75, 3.05) is 18.8 Å². The second kappa shape index (κ2) is 8.64. The van der Waals surface area contributed by atoms with Gasteiger partial charge in [-0.05, 0) is 11.7 Å². The Morgan fingerprint density at radius 2 is 2.15 bits per heavy atom. The zero-order chi connectivity index (χ0) is 10.1. The molecule has 0 heterocycles. The lowest BCUT2D eigenvalue weighted by Crippen LogP contribution is -2.23. The summed E-state index contributed by atoms with van der Waals surface area (Å²) < 4.78 is 0. The number of thioether (sulfide) groups is 1. The van der Waals surface area contributed by atoms with Crippen LogP contribution >= 0.6 is 11.8 Å². The first kappa shape index (κ1) is 13.1. The highest BCUT2D eigenvalue weighted by atomic mass is 32.2. The lowest BCUT2D eigenvalue weighted by molar-refractivity contribution is 0.634. The summed E-state index contributed by atoms with van der Waals surface area (Å²) in [5, 5.41) is 4.05. The number of hydrogen-bond acceptors (Lipinski definition) is 2. The molecule has 0 amide bonds. The van der Waals surface area contributed by atoms with E-state index in [9.17, 15) is 0 Å². The van der Waals surface area contributed by atoms with Crippen molar-refractivity contribution in [3.8, 4) is 0 Å². The van der Waals surface area contributed by atoms with E-state index in [0.717, 1.165) is 19.0 Å². The summed E-state index contributed by atoms with van der Waals surface area (Å²) in [6, 6.07) is 0. The van der Waals surface area contributed by atoms with Crippen molar-refractivity contribution in [1.82, 2.24) is 5.32 Å².